The van der Waals surface area contributed by atoms with Crippen LogP contribution in [0.25, 0.3) is 0 Å². The highest BCUT2D eigenvalue weighted by Crippen LogP contribution is 2.27. The van der Waals surface area contributed by atoms with Crippen LogP contribution >= 0.6 is 0 Å². The Kier molecular flexibility index (Phi) is 6.30. The van der Waals surface area contributed by atoms with Crippen LogP contribution in [0.15, 0.2) is 47.6 Å². The minimum absolute atomic E-state index is 0.326. The third kappa shape index (κ3) is 4.58. The number of methoxy groups -OCH3 is 2. The molecular formula is C21H25N3O3. The van der Waals surface area contributed by atoms with Crippen molar-refractivity contribution in [2.75, 3.05) is 32.2 Å². The van der Waals surface area contributed by atoms with Crippen molar-refractivity contribution in [2.45, 2.75) is 19.3 Å². The molecule has 0 bridgehead atoms. The average molecular weight is 367 g/mol. The van der Waals surface area contributed by atoms with Gasteiger partial charge in [-0.05, 0) is 43.5 Å². The Hall–Kier alpha value is -3.02. The summed E-state index contributed by atoms with van der Waals surface area (Å²) in [5.74, 6) is 0.912. The molecule has 1 N–H and O–H groups in total. The first-order chi connectivity index (χ1) is 13.2. The van der Waals surface area contributed by atoms with Crippen LogP contribution in [0, 0.1) is 0 Å². The van der Waals surface area contributed by atoms with E-state index in [9.17, 15) is 4.79 Å². The number of anilines is 1. The van der Waals surface area contributed by atoms with Crippen LogP contribution in [0.3, 0.4) is 0 Å². The van der Waals surface area contributed by atoms with Crippen LogP contribution < -0.4 is 19.8 Å². The van der Waals surface area contributed by atoms with E-state index in [1.165, 1.54) is 26.4 Å². The summed E-state index contributed by atoms with van der Waals surface area (Å²) < 4.78 is 10.7. The molecule has 0 saturated carbocycles. The molecule has 27 heavy (non-hydrogen) atoms. The molecule has 0 aromatic heterocycles. The van der Waals surface area contributed by atoms with E-state index in [0.717, 1.165) is 30.1 Å². The number of amides is 1. The van der Waals surface area contributed by atoms with Gasteiger partial charge in [0.1, 0.15) is 11.5 Å². The van der Waals surface area contributed by atoms with Crippen LogP contribution in [-0.4, -0.2) is 39.4 Å². The number of nitrogens with zero attached hydrogens (tertiary/aromatic N) is 2. The van der Waals surface area contributed by atoms with Crippen LogP contribution in [-0.2, 0) is 0 Å². The smallest absolute Gasteiger partial charge is 0.275 e. The van der Waals surface area contributed by atoms with E-state index >= 15 is 0 Å². The number of carbonyl (C=O) groups excluding carboxylic acids is 1. The van der Waals surface area contributed by atoms with Gasteiger partial charge in [0.2, 0.25) is 0 Å². The summed E-state index contributed by atoms with van der Waals surface area (Å²) in [6.45, 7) is 2.15. The number of piperidine rings is 1. The van der Waals surface area contributed by atoms with Gasteiger partial charge in [-0.15, -0.1) is 0 Å². The zero-order chi connectivity index (χ0) is 19.1. The van der Waals surface area contributed by atoms with Crippen molar-refractivity contribution in [3.8, 4) is 11.5 Å². The van der Waals surface area contributed by atoms with Gasteiger partial charge in [0.25, 0.3) is 5.91 Å². The van der Waals surface area contributed by atoms with E-state index < -0.39 is 0 Å². The normalized spacial score (nSPS) is 14.2. The highest BCUT2D eigenvalue weighted by atomic mass is 16.5. The summed E-state index contributed by atoms with van der Waals surface area (Å²) in [5, 5.41) is 4.07. The maximum atomic E-state index is 12.3. The van der Waals surface area contributed by atoms with Crippen molar-refractivity contribution < 1.29 is 14.3 Å². The van der Waals surface area contributed by atoms with Gasteiger partial charge < -0.3 is 14.4 Å². The first-order valence-corrected chi connectivity index (χ1v) is 9.12. The van der Waals surface area contributed by atoms with Gasteiger partial charge in [-0.2, -0.15) is 5.10 Å². The molecule has 1 amide bonds. The first kappa shape index (κ1) is 18.8. The lowest BCUT2D eigenvalue weighted by atomic mass is 10.1. The molecule has 0 radical (unpaired) electrons. The Bertz CT molecular complexity index is 814. The van der Waals surface area contributed by atoms with Gasteiger partial charge in [0.05, 0.1) is 26.0 Å². The van der Waals surface area contributed by atoms with Crippen LogP contribution in [0.5, 0.6) is 11.5 Å². The highest BCUT2D eigenvalue weighted by Gasteiger charge is 2.13. The van der Waals surface area contributed by atoms with E-state index in [4.69, 9.17) is 9.47 Å². The third-order valence-electron chi connectivity index (χ3n) is 4.66. The number of nitrogens with one attached hydrogen (secondary N) is 1. The summed E-state index contributed by atoms with van der Waals surface area (Å²) in [7, 11) is 3.17. The zero-order valence-corrected chi connectivity index (χ0v) is 15.8. The molecule has 0 unspecified atom stereocenters. The predicted molar refractivity (Wildman–Crippen MR) is 107 cm³/mol. The van der Waals surface area contributed by atoms with Crippen molar-refractivity contribution in [2.24, 2.45) is 5.10 Å². The molecule has 1 heterocycles. The number of ether oxygens (including phenoxy) is 2. The Morgan fingerprint density at radius 2 is 1.78 bits per heavy atom. The Labute approximate surface area is 159 Å². The fraction of sp³-hybridized carbons (Fsp3) is 0.333. The SMILES string of the molecule is COc1cc(N2CCCCC2)ccc1/C=N\NC(=O)c1ccccc1OC. The second-order valence-electron chi connectivity index (χ2n) is 6.37. The van der Waals surface area contributed by atoms with Gasteiger partial charge >= 0.3 is 0 Å². The zero-order valence-electron chi connectivity index (χ0n) is 15.8. The van der Waals surface area contributed by atoms with E-state index in [0.29, 0.717) is 11.3 Å². The van der Waals surface area contributed by atoms with Crippen molar-refractivity contribution in [3.05, 3.63) is 53.6 Å². The number of carbonyl (C=O) groups is 1. The first-order valence-electron chi connectivity index (χ1n) is 9.12. The number of rotatable bonds is 6. The fourth-order valence-corrected chi connectivity index (χ4v) is 3.21. The molecule has 2 aromatic carbocycles. The number of hydrazone groups is 1. The summed E-state index contributed by atoms with van der Waals surface area (Å²) in [5.41, 5.74) is 4.93. The van der Waals surface area contributed by atoms with Gasteiger partial charge in [-0.25, -0.2) is 5.43 Å². The molecule has 0 aliphatic carbocycles. The van der Waals surface area contributed by atoms with Crippen molar-refractivity contribution in [1.29, 1.82) is 0 Å². The Balaban J connectivity index is 1.70. The Morgan fingerprint density at radius 3 is 2.52 bits per heavy atom. The molecule has 142 valence electrons. The summed E-state index contributed by atoms with van der Waals surface area (Å²) in [6, 6.07) is 13.1. The maximum absolute atomic E-state index is 12.3. The Morgan fingerprint density at radius 1 is 1.04 bits per heavy atom. The van der Waals surface area contributed by atoms with E-state index in [2.05, 4.69) is 21.5 Å². The molecule has 1 aliphatic heterocycles. The van der Waals surface area contributed by atoms with Gasteiger partial charge in [0.15, 0.2) is 0 Å². The molecule has 1 fully saturated rings. The molecule has 1 saturated heterocycles. The average Bonchev–Trinajstić information content (AvgIpc) is 2.74. The van der Waals surface area contributed by atoms with Crippen LogP contribution in [0.2, 0.25) is 0 Å². The molecule has 2 aromatic rings. The largest absolute Gasteiger partial charge is 0.496 e. The summed E-state index contributed by atoms with van der Waals surface area (Å²) in [6.07, 6.45) is 5.33. The number of benzene rings is 2. The number of hydrogen-bond donors (Lipinski definition) is 1. The van der Waals surface area contributed by atoms with Crippen LogP contribution in [0.4, 0.5) is 5.69 Å². The van der Waals surface area contributed by atoms with Gasteiger partial charge in [-0.1, -0.05) is 12.1 Å². The summed E-state index contributed by atoms with van der Waals surface area (Å²) >= 11 is 0. The molecule has 1 aliphatic rings. The topological polar surface area (TPSA) is 63.2 Å². The van der Waals surface area contributed by atoms with Crippen molar-refractivity contribution in [1.82, 2.24) is 5.43 Å². The summed E-state index contributed by atoms with van der Waals surface area (Å²) in [4.78, 5) is 14.7. The van der Waals surface area contributed by atoms with E-state index in [-0.39, 0.29) is 5.91 Å². The number of para-hydroxylation sites is 1. The minimum Gasteiger partial charge on any atom is -0.496 e. The molecule has 6 heteroatoms. The van der Waals surface area contributed by atoms with E-state index in [1.54, 1.807) is 31.5 Å². The lowest BCUT2D eigenvalue weighted by Crippen LogP contribution is -2.29. The minimum atomic E-state index is -0.326. The van der Waals surface area contributed by atoms with Crippen LogP contribution in [0.1, 0.15) is 35.2 Å². The van der Waals surface area contributed by atoms with E-state index in [1.807, 2.05) is 18.2 Å². The van der Waals surface area contributed by atoms with Crippen molar-refractivity contribution in [3.63, 3.8) is 0 Å². The molecule has 0 spiro atoms. The van der Waals surface area contributed by atoms with Crippen molar-refractivity contribution >= 4 is 17.8 Å². The second kappa shape index (κ2) is 9.07. The molecule has 3 rings (SSSR count). The molecule has 0 atom stereocenters. The predicted octanol–water partition coefficient (Wildman–Crippen LogP) is 3.46. The quantitative estimate of drug-likeness (QED) is 0.627. The monoisotopic (exact) mass is 367 g/mol. The second-order valence-corrected chi connectivity index (χ2v) is 6.37. The number of hydrogen-bond acceptors (Lipinski definition) is 5. The highest BCUT2D eigenvalue weighted by molar-refractivity contribution is 5.97. The van der Waals surface area contributed by atoms with Gasteiger partial charge in [-0.3, -0.25) is 4.79 Å². The maximum Gasteiger partial charge on any atom is 0.275 e. The van der Waals surface area contributed by atoms with Gasteiger partial charge in [0, 0.05) is 30.4 Å². The lowest BCUT2D eigenvalue weighted by Gasteiger charge is -2.29. The molecule has 6 nitrogen and oxygen atoms in total. The third-order valence-corrected chi connectivity index (χ3v) is 4.66. The standard InChI is InChI=1S/C21H25N3O3/c1-26-19-9-5-4-8-18(19)21(25)23-22-15-16-10-11-17(14-20(16)27-2)24-12-6-3-7-13-24/h4-5,8-11,14-15H,3,6-7,12-13H2,1-2H3,(H,23,25)/b22-15-. The fourth-order valence-electron chi connectivity index (χ4n) is 3.21. The molecular weight excluding hydrogens is 342 g/mol. The lowest BCUT2D eigenvalue weighted by molar-refractivity contribution is 0.0952.